The highest BCUT2D eigenvalue weighted by molar-refractivity contribution is 6.39. The Bertz CT molecular complexity index is 802. The van der Waals surface area contributed by atoms with Gasteiger partial charge in [-0.1, -0.05) is 12.1 Å². The molecule has 0 aromatic heterocycles. The topological polar surface area (TPSA) is 90.8 Å². The SMILES string of the molecule is O=C(N/N=C/c1ccccc1O)C(=O)Nc1ccc(C(F)(F)F)cc1. The number of hydrogen-bond acceptors (Lipinski definition) is 4. The van der Waals surface area contributed by atoms with E-state index in [-0.39, 0.29) is 11.4 Å². The first kappa shape index (κ1) is 18.0. The third kappa shape index (κ3) is 5.06. The number of anilines is 1. The van der Waals surface area contributed by atoms with Crippen molar-refractivity contribution in [2.75, 3.05) is 5.32 Å². The Hall–Kier alpha value is -3.36. The van der Waals surface area contributed by atoms with E-state index in [9.17, 15) is 27.9 Å². The molecule has 0 aliphatic carbocycles. The van der Waals surface area contributed by atoms with Crippen LogP contribution in [0.25, 0.3) is 0 Å². The van der Waals surface area contributed by atoms with Crippen LogP contribution in [-0.2, 0) is 15.8 Å². The Balaban J connectivity index is 1.92. The van der Waals surface area contributed by atoms with Crippen LogP contribution in [0.4, 0.5) is 18.9 Å². The number of aromatic hydroxyl groups is 1. The quantitative estimate of drug-likeness (QED) is 0.451. The highest BCUT2D eigenvalue weighted by atomic mass is 19.4. The van der Waals surface area contributed by atoms with Crippen LogP contribution in [0.15, 0.2) is 53.6 Å². The third-order valence-electron chi connectivity index (χ3n) is 2.98. The van der Waals surface area contributed by atoms with E-state index < -0.39 is 23.6 Å². The Kier molecular flexibility index (Phi) is 5.38. The maximum absolute atomic E-state index is 12.4. The molecule has 2 aromatic rings. The second-order valence-corrected chi connectivity index (χ2v) is 4.79. The monoisotopic (exact) mass is 351 g/mol. The Morgan fingerprint density at radius 3 is 2.24 bits per heavy atom. The van der Waals surface area contributed by atoms with Crippen molar-refractivity contribution in [3.63, 3.8) is 0 Å². The number of benzene rings is 2. The second-order valence-electron chi connectivity index (χ2n) is 4.79. The van der Waals surface area contributed by atoms with Crippen LogP contribution >= 0.6 is 0 Å². The molecule has 0 saturated carbocycles. The lowest BCUT2D eigenvalue weighted by Gasteiger charge is -2.08. The summed E-state index contributed by atoms with van der Waals surface area (Å²) in [5.74, 6) is -2.28. The Morgan fingerprint density at radius 2 is 1.64 bits per heavy atom. The number of amides is 2. The molecular formula is C16H12F3N3O3. The van der Waals surface area contributed by atoms with Gasteiger partial charge in [-0.05, 0) is 36.4 Å². The number of phenols is 1. The second kappa shape index (κ2) is 7.47. The number of hydrogen-bond donors (Lipinski definition) is 3. The van der Waals surface area contributed by atoms with Crippen LogP contribution in [0.1, 0.15) is 11.1 Å². The summed E-state index contributed by atoms with van der Waals surface area (Å²) in [6, 6.07) is 9.81. The lowest BCUT2D eigenvalue weighted by atomic mass is 10.2. The molecule has 2 amide bonds. The van der Waals surface area contributed by atoms with Gasteiger partial charge in [0.2, 0.25) is 0 Å². The molecule has 2 rings (SSSR count). The molecule has 130 valence electrons. The fourth-order valence-corrected chi connectivity index (χ4v) is 1.74. The molecule has 0 aliphatic rings. The van der Waals surface area contributed by atoms with E-state index in [1.165, 1.54) is 12.1 Å². The number of halogens is 3. The van der Waals surface area contributed by atoms with Crippen LogP contribution in [0.3, 0.4) is 0 Å². The molecule has 3 N–H and O–H groups in total. The van der Waals surface area contributed by atoms with Crippen molar-refractivity contribution < 1.29 is 27.9 Å². The van der Waals surface area contributed by atoms with E-state index >= 15 is 0 Å². The highest BCUT2D eigenvalue weighted by Gasteiger charge is 2.30. The lowest BCUT2D eigenvalue weighted by Crippen LogP contribution is -2.32. The predicted octanol–water partition coefficient (Wildman–Crippen LogP) is 2.50. The Morgan fingerprint density at radius 1 is 1.00 bits per heavy atom. The van der Waals surface area contributed by atoms with E-state index in [1.807, 2.05) is 5.43 Å². The van der Waals surface area contributed by atoms with Gasteiger partial charge in [0.15, 0.2) is 0 Å². The summed E-state index contributed by atoms with van der Waals surface area (Å²) in [4.78, 5) is 23.2. The number of hydrazone groups is 1. The number of phenolic OH excluding ortho intramolecular Hbond substituents is 1. The summed E-state index contributed by atoms with van der Waals surface area (Å²) in [7, 11) is 0. The van der Waals surface area contributed by atoms with Crippen LogP contribution in [0.2, 0.25) is 0 Å². The van der Waals surface area contributed by atoms with Crippen molar-refractivity contribution in [1.82, 2.24) is 5.43 Å². The first-order chi connectivity index (χ1) is 11.8. The zero-order valence-electron chi connectivity index (χ0n) is 12.5. The molecule has 0 radical (unpaired) electrons. The van der Waals surface area contributed by atoms with Crippen molar-refractivity contribution in [2.24, 2.45) is 5.10 Å². The minimum absolute atomic E-state index is 0.0258. The standard InChI is InChI=1S/C16H12F3N3O3/c17-16(18,19)11-5-7-12(8-6-11)21-14(24)15(25)22-20-9-10-3-1-2-4-13(10)23/h1-9,23H,(H,21,24)(H,22,25)/b20-9+. The van der Waals surface area contributed by atoms with E-state index in [0.29, 0.717) is 5.56 Å². The van der Waals surface area contributed by atoms with E-state index in [4.69, 9.17) is 0 Å². The summed E-state index contributed by atoms with van der Waals surface area (Å²) < 4.78 is 37.3. The van der Waals surface area contributed by atoms with Crippen molar-refractivity contribution >= 4 is 23.7 Å². The molecule has 0 fully saturated rings. The molecule has 0 heterocycles. The normalized spacial score (nSPS) is 11.3. The Labute approximate surface area is 140 Å². The molecule has 0 bridgehead atoms. The van der Waals surface area contributed by atoms with Gasteiger partial charge in [-0.2, -0.15) is 18.3 Å². The number of carbonyl (C=O) groups excluding carboxylic acids is 2. The van der Waals surface area contributed by atoms with Gasteiger partial charge in [0.05, 0.1) is 11.8 Å². The molecule has 6 nitrogen and oxygen atoms in total. The van der Waals surface area contributed by atoms with E-state index in [1.54, 1.807) is 12.1 Å². The fourth-order valence-electron chi connectivity index (χ4n) is 1.74. The van der Waals surface area contributed by atoms with Crippen molar-refractivity contribution in [2.45, 2.75) is 6.18 Å². The smallest absolute Gasteiger partial charge is 0.416 e. The number of alkyl halides is 3. The summed E-state index contributed by atoms with van der Waals surface area (Å²) in [5.41, 5.74) is 1.42. The first-order valence-corrected chi connectivity index (χ1v) is 6.87. The molecule has 0 unspecified atom stereocenters. The number of carbonyl (C=O) groups is 2. The largest absolute Gasteiger partial charge is 0.507 e. The van der Waals surface area contributed by atoms with Gasteiger partial charge in [0.25, 0.3) is 0 Å². The summed E-state index contributed by atoms with van der Waals surface area (Å²) in [6.45, 7) is 0. The maximum atomic E-state index is 12.4. The van der Waals surface area contributed by atoms with Crippen molar-refractivity contribution in [1.29, 1.82) is 0 Å². The lowest BCUT2D eigenvalue weighted by molar-refractivity contribution is -0.137. The molecular weight excluding hydrogens is 339 g/mol. The van der Waals surface area contributed by atoms with Crippen molar-refractivity contribution in [3.05, 3.63) is 59.7 Å². The van der Waals surface area contributed by atoms with Crippen LogP contribution < -0.4 is 10.7 Å². The zero-order valence-corrected chi connectivity index (χ0v) is 12.5. The van der Waals surface area contributed by atoms with Crippen LogP contribution in [0, 0.1) is 0 Å². The minimum atomic E-state index is -4.49. The van der Waals surface area contributed by atoms with Crippen LogP contribution in [-0.4, -0.2) is 23.1 Å². The fraction of sp³-hybridized carbons (Fsp3) is 0.0625. The number of rotatable bonds is 3. The third-order valence-corrected chi connectivity index (χ3v) is 2.98. The first-order valence-electron chi connectivity index (χ1n) is 6.87. The van der Waals surface area contributed by atoms with Crippen LogP contribution in [0.5, 0.6) is 5.75 Å². The van der Waals surface area contributed by atoms with Gasteiger partial charge in [-0.25, -0.2) is 5.43 Å². The predicted molar refractivity (Wildman–Crippen MR) is 83.9 cm³/mol. The molecule has 2 aromatic carbocycles. The molecule has 0 aliphatic heterocycles. The van der Waals surface area contributed by atoms with Gasteiger partial charge in [0, 0.05) is 11.3 Å². The van der Waals surface area contributed by atoms with Gasteiger partial charge in [-0.3, -0.25) is 9.59 Å². The summed E-state index contributed by atoms with van der Waals surface area (Å²) >= 11 is 0. The molecule has 0 atom stereocenters. The highest BCUT2D eigenvalue weighted by Crippen LogP contribution is 2.29. The average molecular weight is 351 g/mol. The van der Waals surface area contributed by atoms with Crippen molar-refractivity contribution in [3.8, 4) is 5.75 Å². The van der Waals surface area contributed by atoms with E-state index in [2.05, 4.69) is 10.4 Å². The summed E-state index contributed by atoms with van der Waals surface area (Å²) in [5, 5.41) is 15.2. The minimum Gasteiger partial charge on any atom is -0.507 e. The maximum Gasteiger partial charge on any atom is 0.416 e. The molecule has 25 heavy (non-hydrogen) atoms. The zero-order chi connectivity index (χ0) is 18.4. The number of para-hydroxylation sites is 1. The van der Waals surface area contributed by atoms with E-state index in [0.717, 1.165) is 30.5 Å². The van der Waals surface area contributed by atoms with Gasteiger partial charge >= 0.3 is 18.0 Å². The molecule has 0 saturated heterocycles. The van der Waals surface area contributed by atoms with Gasteiger partial charge < -0.3 is 10.4 Å². The number of nitrogens with zero attached hydrogens (tertiary/aromatic N) is 1. The number of nitrogens with one attached hydrogen (secondary N) is 2. The van der Waals surface area contributed by atoms with Gasteiger partial charge in [0.1, 0.15) is 5.75 Å². The molecule has 9 heteroatoms. The van der Waals surface area contributed by atoms with Gasteiger partial charge in [-0.15, -0.1) is 0 Å². The average Bonchev–Trinajstić information content (AvgIpc) is 2.56. The molecule has 0 spiro atoms. The summed E-state index contributed by atoms with van der Waals surface area (Å²) in [6.07, 6.45) is -3.35.